The highest BCUT2D eigenvalue weighted by Crippen LogP contribution is 2.37. The first-order valence-corrected chi connectivity index (χ1v) is 9.89. The average Bonchev–Trinajstić information content (AvgIpc) is 3.17. The van der Waals surface area contributed by atoms with Crippen molar-refractivity contribution in [2.75, 3.05) is 13.7 Å². The molecule has 1 aromatic heterocycles. The van der Waals surface area contributed by atoms with Crippen LogP contribution in [0.3, 0.4) is 0 Å². The van der Waals surface area contributed by atoms with E-state index in [0.717, 1.165) is 41.2 Å². The molecule has 0 atom stereocenters. The number of hydrogen-bond donors (Lipinski definition) is 1. The number of benzene rings is 2. The summed E-state index contributed by atoms with van der Waals surface area (Å²) >= 11 is 0. The van der Waals surface area contributed by atoms with Crippen LogP contribution in [-0.4, -0.2) is 28.5 Å². The molecule has 0 radical (unpaired) electrons. The van der Waals surface area contributed by atoms with E-state index in [4.69, 9.17) is 14.7 Å². The summed E-state index contributed by atoms with van der Waals surface area (Å²) in [5.74, 6) is 1.37. The number of aromatic amines is 1. The van der Waals surface area contributed by atoms with Gasteiger partial charge in [0.1, 0.15) is 5.75 Å². The lowest BCUT2D eigenvalue weighted by Crippen LogP contribution is -2.31. The van der Waals surface area contributed by atoms with Crippen LogP contribution in [0.2, 0.25) is 0 Å². The topological polar surface area (TPSA) is 70.6 Å². The number of rotatable bonds is 2. The van der Waals surface area contributed by atoms with Crippen LogP contribution in [0, 0.1) is 0 Å². The molecular formula is C24H18N4O2. The molecule has 0 amide bonds. The zero-order chi connectivity index (χ0) is 20.2. The average molecular weight is 394 g/mol. The van der Waals surface area contributed by atoms with Gasteiger partial charge in [0.2, 0.25) is 0 Å². The van der Waals surface area contributed by atoms with E-state index < -0.39 is 0 Å². The van der Waals surface area contributed by atoms with Crippen LogP contribution in [0.4, 0.5) is 0 Å². The number of methoxy groups -OCH3 is 1. The van der Waals surface area contributed by atoms with Crippen molar-refractivity contribution in [3.8, 4) is 5.75 Å². The molecule has 0 saturated heterocycles. The molecule has 146 valence electrons. The Hall–Kier alpha value is -3.93. The zero-order valence-corrected chi connectivity index (χ0v) is 16.3. The summed E-state index contributed by atoms with van der Waals surface area (Å²) < 4.78 is 5.36. The Balaban J connectivity index is 1.51. The third kappa shape index (κ3) is 2.40. The van der Waals surface area contributed by atoms with Crippen LogP contribution >= 0.6 is 0 Å². The van der Waals surface area contributed by atoms with Gasteiger partial charge in [-0.05, 0) is 48.4 Å². The van der Waals surface area contributed by atoms with Crippen molar-refractivity contribution in [3.05, 3.63) is 98.8 Å². The first-order chi connectivity index (χ1) is 14.7. The number of aromatic nitrogens is 2. The lowest BCUT2D eigenvalue weighted by molar-refractivity contribution is 0.414. The fraction of sp³-hybridized carbons (Fsp3) is 0.125. The highest BCUT2D eigenvalue weighted by atomic mass is 16.5. The lowest BCUT2D eigenvalue weighted by atomic mass is 9.98. The molecule has 6 nitrogen and oxygen atoms in total. The maximum atomic E-state index is 12.6. The number of allylic oxidation sites excluding steroid dienone is 4. The number of H-pyrrole nitrogens is 1. The molecule has 3 aliphatic rings. The fourth-order valence-electron chi connectivity index (χ4n) is 4.39. The van der Waals surface area contributed by atoms with Gasteiger partial charge in [0.05, 0.1) is 40.5 Å². The van der Waals surface area contributed by atoms with Crippen molar-refractivity contribution in [3.63, 3.8) is 0 Å². The molecular weight excluding hydrogens is 376 g/mol. The Bertz CT molecular complexity index is 1510. The molecule has 3 aromatic rings. The van der Waals surface area contributed by atoms with Crippen molar-refractivity contribution in [1.29, 1.82) is 0 Å². The third-order valence-electron chi connectivity index (χ3n) is 5.82. The van der Waals surface area contributed by atoms with Gasteiger partial charge >= 0.3 is 0 Å². The summed E-state index contributed by atoms with van der Waals surface area (Å²) in [7, 11) is 1.67. The van der Waals surface area contributed by atoms with Crippen LogP contribution in [0.25, 0.3) is 22.2 Å². The predicted molar refractivity (Wildman–Crippen MR) is 115 cm³/mol. The number of nitrogens with zero attached hydrogens (tertiary/aromatic N) is 3. The predicted octanol–water partition coefficient (Wildman–Crippen LogP) is 2.24. The highest BCUT2D eigenvalue weighted by molar-refractivity contribution is 5.80. The van der Waals surface area contributed by atoms with Gasteiger partial charge in [-0.3, -0.25) is 4.79 Å². The van der Waals surface area contributed by atoms with E-state index in [9.17, 15) is 4.79 Å². The van der Waals surface area contributed by atoms with Crippen LogP contribution in [0.1, 0.15) is 12.2 Å². The normalized spacial score (nSPS) is 16.8. The molecule has 0 spiro atoms. The second-order valence-electron chi connectivity index (χ2n) is 7.45. The van der Waals surface area contributed by atoms with E-state index >= 15 is 0 Å². The van der Waals surface area contributed by atoms with Gasteiger partial charge in [-0.1, -0.05) is 18.2 Å². The molecule has 0 aliphatic carbocycles. The summed E-state index contributed by atoms with van der Waals surface area (Å²) in [6, 6.07) is 13.4. The van der Waals surface area contributed by atoms with Gasteiger partial charge in [-0.2, -0.15) is 0 Å². The number of hydrogen-bond acceptors (Lipinski definition) is 5. The molecule has 0 bridgehead atoms. The summed E-state index contributed by atoms with van der Waals surface area (Å²) in [5.41, 5.74) is 4.70. The molecule has 0 saturated carbocycles. The smallest absolute Gasteiger partial charge is 0.259 e. The third-order valence-corrected chi connectivity index (χ3v) is 5.82. The molecule has 1 N–H and O–H groups in total. The number of para-hydroxylation sites is 1. The van der Waals surface area contributed by atoms with Gasteiger partial charge in [-0.25, -0.2) is 9.98 Å². The van der Waals surface area contributed by atoms with Crippen molar-refractivity contribution in [1.82, 2.24) is 14.9 Å². The Kier molecular flexibility index (Phi) is 3.56. The zero-order valence-electron chi connectivity index (χ0n) is 16.3. The van der Waals surface area contributed by atoms with E-state index in [1.807, 2.05) is 42.5 Å². The Morgan fingerprint density at radius 1 is 1.17 bits per heavy atom. The van der Waals surface area contributed by atoms with Crippen molar-refractivity contribution in [2.24, 2.45) is 4.99 Å². The monoisotopic (exact) mass is 394 g/mol. The number of nitrogens with one attached hydrogen (secondary N) is 1. The second kappa shape index (κ2) is 6.29. The molecule has 3 aliphatic heterocycles. The Morgan fingerprint density at radius 2 is 2.07 bits per heavy atom. The van der Waals surface area contributed by atoms with Gasteiger partial charge in [0, 0.05) is 17.8 Å². The minimum absolute atomic E-state index is 0.130. The minimum atomic E-state index is -0.130. The van der Waals surface area contributed by atoms with Crippen LogP contribution in [0.5, 0.6) is 5.75 Å². The Morgan fingerprint density at radius 3 is 2.97 bits per heavy atom. The lowest BCUT2D eigenvalue weighted by Gasteiger charge is -2.34. The summed E-state index contributed by atoms with van der Waals surface area (Å²) in [6.07, 6.45) is 6.92. The molecule has 6 heteroatoms. The standard InChI is InChI=1S/C24H18N4O2/c1-30-14-9-10-15-16-11-12-28-20(22(16)25-19(15)13-14)7-4-8-21(28)23-26-18-6-3-2-5-17(18)24(29)27-23/h2-10,13H,11-12H2,1H3,(H,26,27,29). The van der Waals surface area contributed by atoms with E-state index in [0.29, 0.717) is 16.7 Å². The van der Waals surface area contributed by atoms with Crippen LogP contribution in [0.15, 0.2) is 81.9 Å². The van der Waals surface area contributed by atoms with E-state index in [2.05, 4.69) is 22.0 Å². The summed E-state index contributed by atoms with van der Waals surface area (Å²) in [6.45, 7) is 0.794. The Labute approximate surface area is 171 Å². The van der Waals surface area contributed by atoms with Crippen LogP contribution < -0.4 is 20.9 Å². The maximum Gasteiger partial charge on any atom is 0.259 e. The molecule has 0 fully saturated rings. The SMILES string of the molecule is COc1ccc2c(c1)=NC1=C3C=CC=C(c4nc5ccccc5c(=O)[nH]4)N3CCC=21. The second-order valence-corrected chi connectivity index (χ2v) is 7.45. The maximum absolute atomic E-state index is 12.6. The molecule has 6 rings (SSSR count). The van der Waals surface area contributed by atoms with Crippen molar-refractivity contribution in [2.45, 2.75) is 6.42 Å². The van der Waals surface area contributed by atoms with Crippen molar-refractivity contribution < 1.29 is 4.74 Å². The highest BCUT2D eigenvalue weighted by Gasteiger charge is 2.30. The van der Waals surface area contributed by atoms with Gasteiger partial charge in [0.25, 0.3) is 5.56 Å². The number of ether oxygens (including phenoxy) is 1. The summed E-state index contributed by atoms with van der Waals surface area (Å²) in [4.78, 5) is 27.4. The van der Waals surface area contributed by atoms with Gasteiger partial charge < -0.3 is 14.6 Å². The first kappa shape index (κ1) is 17.0. The fourth-order valence-corrected chi connectivity index (χ4v) is 4.39. The minimum Gasteiger partial charge on any atom is -0.497 e. The van der Waals surface area contributed by atoms with Gasteiger partial charge in [0.15, 0.2) is 5.82 Å². The first-order valence-electron chi connectivity index (χ1n) is 9.89. The molecule has 0 unspecified atom stereocenters. The van der Waals surface area contributed by atoms with E-state index in [1.54, 1.807) is 13.2 Å². The molecule has 30 heavy (non-hydrogen) atoms. The largest absolute Gasteiger partial charge is 0.497 e. The molecule has 4 heterocycles. The van der Waals surface area contributed by atoms with E-state index in [-0.39, 0.29) is 5.56 Å². The van der Waals surface area contributed by atoms with Gasteiger partial charge in [-0.15, -0.1) is 0 Å². The van der Waals surface area contributed by atoms with Crippen LogP contribution in [-0.2, 0) is 0 Å². The quantitative estimate of drug-likeness (QED) is 0.724. The van der Waals surface area contributed by atoms with E-state index in [1.165, 1.54) is 10.8 Å². The van der Waals surface area contributed by atoms with Crippen molar-refractivity contribution >= 4 is 22.2 Å². The summed E-state index contributed by atoms with van der Waals surface area (Å²) in [5, 5.41) is 2.70. The molecule has 2 aromatic carbocycles. The number of fused-ring (bicyclic) bond motifs is 4.